The van der Waals surface area contributed by atoms with Gasteiger partial charge in [-0.05, 0) is 29.8 Å². The van der Waals surface area contributed by atoms with E-state index in [1.54, 1.807) is 24.7 Å². The first-order valence-corrected chi connectivity index (χ1v) is 9.07. The molecule has 0 spiro atoms. The lowest BCUT2D eigenvalue weighted by atomic mass is 10.0. The number of nitrogens with one attached hydrogen (secondary N) is 1. The number of rotatable bonds is 3. The molecule has 4 aromatic heterocycles. The molecular weight excluding hydrogens is 356 g/mol. The van der Waals surface area contributed by atoms with Crippen LogP contribution in [0.25, 0.3) is 33.4 Å². The summed E-state index contributed by atoms with van der Waals surface area (Å²) in [5.41, 5.74) is 4.24. The first-order valence-electron chi connectivity index (χ1n) is 9.07. The van der Waals surface area contributed by atoms with Crippen molar-refractivity contribution in [2.24, 2.45) is 0 Å². The Kier molecular flexibility index (Phi) is 4.10. The van der Waals surface area contributed by atoms with Gasteiger partial charge in [0.05, 0.1) is 18.9 Å². The van der Waals surface area contributed by atoms with Crippen LogP contribution in [0.3, 0.4) is 0 Å². The fourth-order valence-electron chi connectivity index (χ4n) is 3.46. The molecule has 1 fully saturated rings. The number of pyridine rings is 3. The average molecular weight is 374 g/mol. The van der Waals surface area contributed by atoms with Gasteiger partial charge in [-0.2, -0.15) is 5.10 Å². The predicted octanol–water partition coefficient (Wildman–Crippen LogP) is 2.62. The van der Waals surface area contributed by atoms with Crippen LogP contribution in [0.4, 0.5) is 5.82 Å². The molecule has 1 aliphatic heterocycles. The van der Waals surface area contributed by atoms with Crippen LogP contribution in [-0.4, -0.2) is 56.6 Å². The SMILES string of the molecule is Oc1ccc(-c2cc(N3CCOCC3)nc3c(-c4ccn[nH]4)nccc23)cn1. The van der Waals surface area contributed by atoms with Gasteiger partial charge < -0.3 is 14.7 Å². The van der Waals surface area contributed by atoms with Gasteiger partial charge in [0.2, 0.25) is 5.88 Å². The van der Waals surface area contributed by atoms with Crippen molar-refractivity contribution in [2.45, 2.75) is 0 Å². The molecule has 0 saturated carbocycles. The van der Waals surface area contributed by atoms with Crippen LogP contribution < -0.4 is 4.90 Å². The van der Waals surface area contributed by atoms with E-state index in [2.05, 4.69) is 31.1 Å². The van der Waals surface area contributed by atoms with Crippen molar-refractivity contribution >= 4 is 16.7 Å². The first kappa shape index (κ1) is 16.6. The second-order valence-corrected chi connectivity index (χ2v) is 6.56. The van der Waals surface area contributed by atoms with E-state index in [4.69, 9.17) is 9.72 Å². The molecule has 8 nitrogen and oxygen atoms in total. The Labute approximate surface area is 160 Å². The molecule has 140 valence electrons. The van der Waals surface area contributed by atoms with E-state index in [0.717, 1.165) is 52.3 Å². The highest BCUT2D eigenvalue weighted by Crippen LogP contribution is 2.35. The maximum atomic E-state index is 9.58. The van der Waals surface area contributed by atoms with Gasteiger partial charge in [-0.3, -0.25) is 10.1 Å². The Bertz CT molecular complexity index is 1110. The van der Waals surface area contributed by atoms with E-state index in [1.807, 2.05) is 18.2 Å². The van der Waals surface area contributed by atoms with Crippen molar-refractivity contribution in [2.75, 3.05) is 31.2 Å². The average Bonchev–Trinajstić information content (AvgIpc) is 3.28. The van der Waals surface area contributed by atoms with E-state index >= 15 is 0 Å². The summed E-state index contributed by atoms with van der Waals surface area (Å²) >= 11 is 0. The lowest BCUT2D eigenvalue weighted by Crippen LogP contribution is -2.36. The molecule has 0 amide bonds. The van der Waals surface area contributed by atoms with Crippen molar-refractivity contribution in [1.29, 1.82) is 0 Å². The molecule has 5 heterocycles. The van der Waals surface area contributed by atoms with E-state index in [-0.39, 0.29) is 5.88 Å². The monoisotopic (exact) mass is 374 g/mol. The molecule has 0 aliphatic carbocycles. The molecule has 2 N–H and O–H groups in total. The first-order chi connectivity index (χ1) is 13.8. The summed E-state index contributed by atoms with van der Waals surface area (Å²) in [6.07, 6.45) is 5.14. The van der Waals surface area contributed by atoms with Crippen LogP contribution in [0.5, 0.6) is 5.88 Å². The zero-order valence-corrected chi connectivity index (χ0v) is 15.0. The number of hydrogen-bond donors (Lipinski definition) is 2. The topological polar surface area (TPSA) is 100 Å². The number of ether oxygens (including phenoxy) is 1. The lowest BCUT2D eigenvalue weighted by Gasteiger charge is -2.28. The van der Waals surface area contributed by atoms with Crippen molar-refractivity contribution in [3.05, 3.63) is 48.9 Å². The number of morpholine rings is 1. The molecule has 0 atom stereocenters. The molecule has 1 saturated heterocycles. The molecule has 8 heteroatoms. The van der Waals surface area contributed by atoms with Gasteiger partial charge in [-0.25, -0.2) is 9.97 Å². The number of nitrogens with zero attached hydrogens (tertiary/aromatic N) is 5. The zero-order chi connectivity index (χ0) is 18.9. The largest absolute Gasteiger partial charge is 0.493 e. The minimum absolute atomic E-state index is 0.00432. The number of hydrogen-bond acceptors (Lipinski definition) is 7. The summed E-state index contributed by atoms with van der Waals surface area (Å²) in [5, 5.41) is 17.6. The van der Waals surface area contributed by atoms with E-state index in [0.29, 0.717) is 13.2 Å². The van der Waals surface area contributed by atoms with Gasteiger partial charge in [0.15, 0.2) is 0 Å². The van der Waals surface area contributed by atoms with Crippen LogP contribution in [0.15, 0.2) is 48.9 Å². The fourth-order valence-corrected chi connectivity index (χ4v) is 3.46. The number of aromatic nitrogens is 5. The molecular formula is C20H18N6O2. The number of fused-ring (bicyclic) bond motifs is 1. The van der Waals surface area contributed by atoms with Crippen molar-refractivity contribution in [3.63, 3.8) is 0 Å². The minimum Gasteiger partial charge on any atom is -0.493 e. The van der Waals surface area contributed by atoms with Gasteiger partial charge in [0.25, 0.3) is 0 Å². The number of aromatic hydroxyl groups is 1. The highest BCUT2D eigenvalue weighted by molar-refractivity contribution is 6.01. The van der Waals surface area contributed by atoms with E-state index in [1.165, 1.54) is 0 Å². The smallest absolute Gasteiger partial charge is 0.210 e. The number of aromatic amines is 1. The quantitative estimate of drug-likeness (QED) is 0.568. The molecule has 0 bridgehead atoms. The van der Waals surface area contributed by atoms with Gasteiger partial charge in [-0.15, -0.1) is 0 Å². The number of H-pyrrole nitrogens is 1. The second kappa shape index (κ2) is 6.90. The second-order valence-electron chi connectivity index (χ2n) is 6.56. The third-order valence-corrected chi connectivity index (χ3v) is 4.86. The maximum absolute atomic E-state index is 9.58. The summed E-state index contributed by atoms with van der Waals surface area (Å²) in [6, 6.07) is 9.35. The summed E-state index contributed by atoms with van der Waals surface area (Å²) in [4.78, 5) is 15.8. The van der Waals surface area contributed by atoms with Crippen molar-refractivity contribution in [1.82, 2.24) is 25.1 Å². The standard InChI is InChI=1S/C20H18N6O2/c27-18-2-1-13(12-22-18)15-11-17(26-7-9-28-10-8-26)24-19-14(15)3-5-21-20(19)16-4-6-23-25-16/h1-6,11-12H,7-10H2,(H,22,27)(H,23,25). The number of anilines is 1. The fraction of sp³-hybridized carbons (Fsp3) is 0.200. The Hall–Kier alpha value is -3.52. The summed E-state index contributed by atoms with van der Waals surface area (Å²) in [5.74, 6) is 0.864. The van der Waals surface area contributed by atoms with Gasteiger partial charge >= 0.3 is 0 Å². The zero-order valence-electron chi connectivity index (χ0n) is 15.0. The molecule has 0 unspecified atom stereocenters. The highest BCUT2D eigenvalue weighted by Gasteiger charge is 2.18. The van der Waals surface area contributed by atoms with Gasteiger partial charge in [0.1, 0.15) is 17.0 Å². The van der Waals surface area contributed by atoms with Crippen molar-refractivity contribution < 1.29 is 9.84 Å². The molecule has 5 rings (SSSR count). The predicted molar refractivity (Wildman–Crippen MR) is 105 cm³/mol. The summed E-state index contributed by atoms with van der Waals surface area (Å²) in [6.45, 7) is 2.92. The third kappa shape index (κ3) is 2.93. The van der Waals surface area contributed by atoms with Crippen molar-refractivity contribution in [3.8, 4) is 28.4 Å². The molecule has 28 heavy (non-hydrogen) atoms. The maximum Gasteiger partial charge on any atom is 0.210 e. The van der Waals surface area contributed by atoms with E-state index < -0.39 is 0 Å². The van der Waals surface area contributed by atoms with Crippen LogP contribution in [-0.2, 0) is 4.74 Å². The summed E-state index contributed by atoms with van der Waals surface area (Å²) in [7, 11) is 0. The highest BCUT2D eigenvalue weighted by atomic mass is 16.5. The molecule has 0 aromatic carbocycles. The molecule has 0 radical (unpaired) electrons. The Morgan fingerprint density at radius 3 is 2.68 bits per heavy atom. The van der Waals surface area contributed by atoms with Crippen LogP contribution in [0, 0.1) is 0 Å². The third-order valence-electron chi connectivity index (χ3n) is 4.86. The Morgan fingerprint density at radius 1 is 1.04 bits per heavy atom. The minimum atomic E-state index is -0.00432. The van der Waals surface area contributed by atoms with Crippen LogP contribution >= 0.6 is 0 Å². The Balaban J connectivity index is 1.76. The van der Waals surface area contributed by atoms with Gasteiger partial charge in [0, 0.05) is 48.7 Å². The summed E-state index contributed by atoms with van der Waals surface area (Å²) < 4.78 is 5.49. The van der Waals surface area contributed by atoms with Gasteiger partial charge in [-0.1, -0.05) is 0 Å². The Morgan fingerprint density at radius 2 is 1.93 bits per heavy atom. The lowest BCUT2D eigenvalue weighted by molar-refractivity contribution is 0.122. The van der Waals surface area contributed by atoms with Crippen LogP contribution in [0.2, 0.25) is 0 Å². The molecule has 1 aliphatic rings. The molecule has 4 aromatic rings. The van der Waals surface area contributed by atoms with E-state index in [9.17, 15) is 5.11 Å². The van der Waals surface area contributed by atoms with Crippen LogP contribution in [0.1, 0.15) is 0 Å². The normalized spacial score (nSPS) is 14.5.